The molecule has 3 aromatic carbocycles. The Morgan fingerprint density at radius 3 is 2.52 bits per heavy atom. The van der Waals surface area contributed by atoms with Gasteiger partial charge in [-0.1, -0.05) is 17.7 Å². The maximum atomic E-state index is 12.7. The Labute approximate surface area is 195 Å². The molecular weight excluding hydrogens is 472 g/mol. The molecule has 0 amide bonds. The van der Waals surface area contributed by atoms with E-state index in [1.807, 2.05) is 0 Å². The second-order valence-electron chi connectivity index (χ2n) is 6.53. The van der Waals surface area contributed by atoms with Crippen molar-refractivity contribution in [3.8, 4) is 11.5 Å². The molecule has 0 heterocycles. The zero-order valence-corrected chi connectivity index (χ0v) is 19.1. The summed E-state index contributed by atoms with van der Waals surface area (Å²) in [5.41, 5.74) is 2.93. The number of sulfonamides is 1. The van der Waals surface area contributed by atoms with E-state index in [2.05, 4.69) is 15.2 Å². The van der Waals surface area contributed by atoms with Crippen molar-refractivity contribution in [2.45, 2.75) is 4.90 Å². The maximum Gasteiger partial charge on any atom is 0.295 e. The van der Waals surface area contributed by atoms with Crippen molar-refractivity contribution in [3.63, 3.8) is 0 Å². The fourth-order valence-electron chi connectivity index (χ4n) is 2.79. The molecule has 0 aliphatic rings. The number of nitro benzene ring substituents is 1. The first kappa shape index (κ1) is 23.8. The molecule has 0 aromatic heterocycles. The molecule has 0 bridgehead atoms. The van der Waals surface area contributed by atoms with E-state index < -0.39 is 20.6 Å². The van der Waals surface area contributed by atoms with Crippen LogP contribution in [0.25, 0.3) is 0 Å². The molecule has 0 saturated heterocycles. The van der Waals surface area contributed by atoms with Crippen molar-refractivity contribution in [2.24, 2.45) is 5.10 Å². The van der Waals surface area contributed by atoms with Crippen molar-refractivity contribution in [1.29, 1.82) is 0 Å². The Bertz CT molecular complexity index is 1310. The molecule has 0 spiro atoms. The van der Waals surface area contributed by atoms with Crippen LogP contribution in [0.3, 0.4) is 0 Å². The molecule has 3 rings (SSSR count). The lowest BCUT2D eigenvalue weighted by Crippen LogP contribution is -2.13. The lowest BCUT2D eigenvalue weighted by Gasteiger charge is -2.10. The number of ether oxygens (including phenoxy) is 2. The van der Waals surface area contributed by atoms with E-state index in [0.717, 1.165) is 6.07 Å². The number of hydrazone groups is 1. The van der Waals surface area contributed by atoms with Crippen LogP contribution in [0.2, 0.25) is 5.02 Å². The Morgan fingerprint density at radius 1 is 1.06 bits per heavy atom. The number of hydrogen-bond donors (Lipinski definition) is 2. The number of nitrogens with one attached hydrogen (secondary N) is 2. The van der Waals surface area contributed by atoms with Crippen LogP contribution in [0.4, 0.5) is 17.1 Å². The van der Waals surface area contributed by atoms with Gasteiger partial charge in [-0.25, -0.2) is 8.42 Å². The molecule has 33 heavy (non-hydrogen) atoms. The normalized spacial score (nSPS) is 11.2. The van der Waals surface area contributed by atoms with Crippen molar-refractivity contribution < 1.29 is 22.8 Å². The third kappa shape index (κ3) is 5.90. The molecular formula is C21H19ClN4O6S. The summed E-state index contributed by atoms with van der Waals surface area (Å²) in [6.07, 6.45) is 1.41. The van der Waals surface area contributed by atoms with Crippen molar-refractivity contribution in [2.75, 3.05) is 24.4 Å². The third-order valence-electron chi connectivity index (χ3n) is 4.38. The van der Waals surface area contributed by atoms with Gasteiger partial charge in [0.25, 0.3) is 15.7 Å². The number of methoxy groups -OCH3 is 2. The standard InChI is InChI=1S/C21H19ClN4O6S/c1-31-17-7-6-14(21(11-17)32-2)13-23-24-19-9-8-18(12-20(19)26(27)28)33(29,30)25-16-5-3-4-15(22)10-16/h3-13,24-25H,1-2H3. The molecule has 3 aromatic rings. The molecule has 0 aliphatic carbocycles. The minimum Gasteiger partial charge on any atom is -0.497 e. The van der Waals surface area contributed by atoms with Crippen LogP contribution in [0.15, 0.2) is 70.7 Å². The highest BCUT2D eigenvalue weighted by atomic mass is 35.5. The SMILES string of the molecule is COc1ccc(C=NNc2ccc(S(=O)(=O)Nc3cccc(Cl)c3)cc2[N+](=O)[O-])c(OC)c1. The minimum absolute atomic E-state index is 0.00503. The average molecular weight is 491 g/mol. The van der Waals surface area contributed by atoms with Crippen LogP contribution in [-0.4, -0.2) is 33.8 Å². The van der Waals surface area contributed by atoms with Gasteiger partial charge in [-0.15, -0.1) is 0 Å². The number of hydrogen-bond acceptors (Lipinski definition) is 8. The summed E-state index contributed by atoms with van der Waals surface area (Å²) in [5, 5.41) is 15.9. The van der Waals surface area contributed by atoms with Crippen LogP contribution >= 0.6 is 11.6 Å². The maximum absolute atomic E-state index is 12.7. The first-order valence-corrected chi connectivity index (χ1v) is 11.2. The largest absolute Gasteiger partial charge is 0.497 e. The predicted molar refractivity (Wildman–Crippen MR) is 126 cm³/mol. The van der Waals surface area contributed by atoms with Crippen molar-refractivity contribution in [1.82, 2.24) is 0 Å². The predicted octanol–water partition coefficient (Wildman–Crippen LogP) is 4.51. The average Bonchev–Trinajstić information content (AvgIpc) is 2.78. The summed E-state index contributed by atoms with van der Waals surface area (Å²) in [6, 6.07) is 14.6. The number of anilines is 2. The molecule has 0 saturated carbocycles. The highest BCUT2D eigenvalue weighted by Crippen LogP contribution is 2.29. The highest BCUT2D eigenvalue weighted by Gasteiger charge is 2.21. The van der Waals surface area contributed by atoms with Crippen LogP contribution in [-0.2, 0) is 10.0 Å². The number of halogens is 1. The van der Waals surface area contributed by atoms with E-state index in [1.165, 1.54) is 44.7 Å². The van der Waals surface area contributed by atoms with Gasteiger partial charge in [-0.05, 0) is 42.5 Å². The Balaban J connectivity index is 1.84. The summed E-state index contributed by atoms with van der Waals surface area (Å²) in [6.45, 7) is 0. The summed E-state index contributed by atoms with van der Waals surface area (Å²) in [5.74, 6) is 1.08. The number of nitrogens with zero attached hydrogens (tertiary/aromatic N) is 2. The molecule has 0 atom stereocenters. The molecule has 10 nitrogen and oxygen atoms in total. The zero-order chi connectivity index (χ0) is 24.0. The molecule has 12 heteroatoms. The summed E-state index contributed by atoms with van der Waals surface area (Å²) >= 11 is 5.87. The lowest BCUT2D eigenvalue weighted by atomic mass is 10.2. The molecule has 0 fully saturated rings. The number of nitro groups is 1. The van der Waals surface area contributed by atoms with Crippen LogP contribution < -0.4 is 19.6 Å². The smallest absolute Gasteiger partial charge is 0.295 e. The fraction of sp³-hybridized carbons (Fsp3) is 0.0952. The van der Waals surface area contributed by atoms with Crippen LogP contribution in [0, 0.1) is 10.1 Å². The minimum atomic E-state index is -4.09. The van der Waals surface area contributed by atoms with E-state index in [0.29, 0.717) is 22.1 Å². The summed E-state index contributed by atoms with van der Waals surface area (Å²) in [7, 11) is -1.08. The van der Waals surface area contributed by atoms with Crippen molar-refractivity contribution in [3.05, 3.63) is 81.4 Å². The summed E-state index contributed by atoms with van der Waals surface area (Å²) in [4.78, 5) is 10.6. The zero-order valence-electron chi connectivity index (χ0n) is 17.5. The molecule has 0 radical (unpaired) electrons. The van der Waals surface area contributed by atoms with E-state index in [4.69, 9.17) is 21.1 Å². The topological polar surface area (TPSA) is 132 Å². The molecule has 0 unspecified atom stereocenters. The van der Waals surface area contributed by atoms with Gasteiger partial charge in [0.2, 0.25) is 0 Å². The van der Waals surface area contributed by atoms with Gasteiger partial charge in [-0.3, -0.25) is 20.3 Å². The number of benzene rings is 3. The second-order valence-corrected chi connectivity index (χ2v) is 8.65. The Morgan fingerprint density at radius 2 is 1.85 bits per heavy atom. The van der Waals surface area contributed by atoms with Gasteiger partial charge in [0.05, 0.1) is 35.9 Å². The first-order valence-electron chi connectivity index (χ1n) is 9.31. The molecule has 0 aliphatic heterocycles. The summed E-state index contributed by atoms with van der Waals surface area (Å²) < 4.78 is 38.1. The van der Waals surface area contributed by atoms with E-state index in [-0.39, 0.29) is 16.3 Å². The van der Waals surface area contributed by atoms with Gasteiger partial charge in [-0.2, -0.15) is 5.10 Å². The first-order chi connectivity index (χ1) is 15.7. The van der Waals surface area contributed by atoms with Crippen molar-refractivity contribution >= 4 is 44.9 Å². The van der Waals surface area contributed by atoms with Gasteiger partial charge >= 0.3 is 0 Å². The van der Waals surface area contributed by atoms with Gasteiger partial charge in [0.15, 0.2) is 0 Å². The van der Waals surface area contributed by atoms with Crippen LogP contribution in [0.1, 0.15) is 5.56 Å². The molecule has 2 N–H and O–H groups in total. The van der Waals surface area contributed by atoms with Gasteiger partial charge in [0.1, 0.15) is 17.2 Å². The highest BCUT2D eigenvalue weighted by molar-refractivity contribution is 7.92. The van der Waals surface area contributed by atoms with E-state index in [1.54, 1.807) is 30.3 Å². The fourth-order valence-corrected chi connectivity index (χ4v) is 4.05. The second kappa shape index (κ2) is 10.2. The quantitative estimate of drug-likeness (QED) is 0.256. The van der Waals surface area contributed by atoms with Gasteiger partial charge in [0, 0.05) is 22.7 Å². The van der Waals surface area contributed by atoms with Crippen LogP contribution in [0.5, 0.6) is 11.5 Å². The Hall–Kier alpha value is -3.83. The monoisotopic (exact) mass is 490 g/mol. The lowest BCUT2D eigenvalue weighted by molar-refractivity contribution is -0.384. The molecule has 172 valence electrons. The van der Waals surface area contributed by atoms with E-state index >= 15 is 0 Å². The van der Waals surface area contributed by atoms with Gasteiger partial charge < -0.3 is 9.47 Å². The Kier molecular flexibility index (Phi) is 7.36. The number of rotatable bonds is 9. The third-order valence-corrected chi connectivity index (χ3v) is 6.00. The van der Waals surface area contributed by atoms with E-state index in [9.17, 15) is 18.5 Å².